The lowest BCUT2D eigenvalue weighted by atomic mass is 9.98. The summed E-state index contributed by atoms with van der Waals surface area (Å²) in [7, 11) is 3.74. The SMILES string of the molecule is C=C(CN(C)C)C(=O)OCCC(Cc1ccc(-c2ccc(CCCCC)cc2)cc1)OC(O)C(=C)C. The summed E-state index contributed by atoms with van der Waals surface area (Å²) in [5, 5.41) is 10.2. The van der Waals surface area contributed by atoms with Gasteiger partial charge in [-0.15, -0.1) is 0 Å². The molecule has 2 rings (SSSR count). The lowest BCUT2D eigenvalue weighted by molar-refractivity contribution is -0.143. The van der Waals surface area contributed by atoms with E-state index in [1.54, 1.807) is 6.92 Å². The van der Waals surface area contributed by atoms with Gasteiger partial charge in [-0.05, 0) is 68.1 Å². The number of aliphatic hydroxyl groups is 1. The van der Waals surface area contributed by atoms with Crippen LogP contribution in [0.25, 0.3) is 11.1 Å². The van der Waals surface area contributed by atoms with Crippen LogP contribution >= 0.6 is 0 Å². The van der Waals surface area contributed by atoms with Crippen molar-refractivity contribution in [3.8, 4) is 11.1 Å². The first kappa shape index (κ1) is 29.5. The number of aliphatic hydroxyl groups excluding tert-OH is 1. The summed E-state index contributed by atoms with van der Waals surface area (Å²) in [5.74, 6) is -0.413. The van der Waals surface area contributed by atoms with Crippen LogP contribution in [0, 0.1) is 0 Å². The number of ether oxygens (including phenoxy) is 2. The number of esters is 1. The van der Waals surface area contributed by atoms with Gasteiger partial charge in [0.05, 0.1) is 12.7 Å². The number of carbonyl (C=O) groups is 1. The van der Waals surface area contributed by atoms with Crippen LogP contribution in [0.1, 0.15) is 50.7 Å². The highest BCUT2D eigenvalue weighted by molar-refractivity contribution is 5.88. The molecule has 0 aliphatic carbocycles. The maximum Gasteiger partial charge on any atom is 0.334 e. The molecule has 0 bridgehead atoms. The molecule has 0 saturated carbocycles. The van der Waals surface area contributed by atoms with Gasteiger partial charge in [0, 0.05) is 18.5 Å². The first-order chi connectivity index (χ1) is 17.2. The molecule has 196 valence electrons. The Morgan fingerprint density at radius 1 is 0.972 bits per heavy atom. The smallest absolute Gasteiger partial charge is 0.334 e. The van der Waals surface area contributed by atoms with E-state index < -0.39 is 12.3 Å². The van der Waals surface area contributed by atoms with Crippen molar-refractivity contribution in [2.45, 2.75) is 64.8 Å². The second-order valence-corrected chi connectivity index (χ2v) is 9.78. The van der Waals surface area contributed by atoms with Gasteiger partial charge >= 0.3 is 5.97 Å². The molecule has 0 fully saturated rings. The molecule has 0 heterocycles. The maximum absolute atomic E-state index is 12.2. The predicted octanol–water partition coefficient (Wildman–Crippen LogP) is 5.96. The van der Waals surface area contributed by atoms with Crippen LogP contribution in [0.3, 0.4) is 0 Å². The lowest BCUT2D eigenvalue weighted by Gasteiger charge is -2.22. The van der Waals surface area contributed by atoms with Crippen LogP contribution in [0.5, 0.6) is 0 Å². The average molecular weight is 494 g/mol. The molecule has 0 amide bonds. The average Bonchev–Trinajstić information content (AvgIpc) is 2.84. The molecular formula is C31H43NO4. The highest BCUT2D eigenvalue weighted by Crippen LogP contribution is 2.22. The molecule has 0 spiro atoms. The summed E-state index contributed by atoms with van der Waals surface area (Å²) >= 11 is 0. The van der Waals surface area contributed by atoms with Gasteiger partial charge in [-0.25, -0.2) is 4.79 Å². The minimum absolute atomic E-state index is 0.182. The van der Waals surface area contributed by atoms with Crippen molar-refractivity contribution in [1.29, 1.82) is 0 Å². The zero-order chi connectivity index (χ0) is 26.5. The standard InChI is InChI=1S/C31H43NO4/c1-7-8-9-10-25-11-15-27(16-12-25)28-17-13-26(14-18-28)21-29(36-30(33)23(2)3)19-20-35-31(34)24(4)22-32(5)6/h11-18,29-30,33H,2,4,7-10,19-22H2,1,3,5-6H3. The lowest BCUT2D eigenvalue weighted by Crippen LogP contribution is -2.27. The van der Waals surface area contributed by atoms with Gasteiger partial charge in [0.15, 0.2) is 6.29 Å². The van der Waals surface area contributed by atoms with Crippen LogP contribution < -0.4 is 0 Å². The van der Waals surface area contributed by atoms with Gasteiger partial charge in [0.2, 0.25) is 0 Å². The summed E-state index contributed by atoms with van der Waals surface area (Å²) in [6, 6.07) is 17.2. The van der Waals surface area contributed by atoms with Gasteiger partial charge < -0.3 is 19.5 Å². The van der Waals surface area contributed by atoms with Crippen molar-refractivity contribution in [1.82, 2.24) is 4.90 Å². The Morgan fingerprint density at radius 3 is 2.08 bits per heavy atom. The van der Waals surface area contributed by atoms with Crippen molar-refractivity contribution in [2.24, 2.45) is 0 Å². The van der Waals surface area contributed by atoms with Crippen LogP contribution in [0.15, 0.2) is 72.8 Å². The molecular weight excluding hydrogens is 450 g/mol. The summed E-state index contributed by atoms with van der Waals surface area (Å²) in [6.45, 7) is 12.1. The van der Waals surface area contributed by atoms with Crippen molar-refractivity contribution in [3.05, 3.63) is 84.0 Å². The van der Waals surface area contributed by atoms with Crippen LogP contribution in [-0.2, 0) is 27.1 Å². The van der Waals surface area contributed by atoms with E-state index in [-0.39, 0.29) is 12.7 Å². The zero-order valence-electron chi connectivity index (χ0n) is 22.5. The van der Waals surface area contributed by atoms with Crippen LogP contribution in [-0.4, -0.2) is 55.6 Å². The topological polar surface area (TPSA) is 59.0 Å². The van der Waals surface area contributed by atoms with E-state index in [0.29, 0.717) is 30.5 Å². The number of hydrogen-bond donors (Lipinski definition) is 1. The second kappa shape index (κ2) is 15.4. The molecule has 2 unspecified atom stereocenters. The fraction of sp³-hybridized carbons (Fsp3) is 0.452. The number of nitrogens with zero attached hydrogens (tertiary/aromatic N) is 1. The number of likely N-dealkylation sites (N-methyl/N-ethyl adjacent to an activating group) is 1. The van der Waals surface area contributed by atoms with E-state index in [1.165, 1.54) is 30.4 Å². The van der Waals surface area contributed by atoms with E-state index in [0.717, 1.165) is 17.5 Å². The number of rotatable bonds is 16. The van der Waals surface area contributed by atoms with Gasteiger partial charge in [-0.1, -0.05) is 81.5 Å². The molecule has 1 N–H and O–H groups in total. The van der Waals surface area contributed by atoms with E-state index in [4.69, 9.17) is 9.47 Å². The molecule has 2 atom stereocenters. The summed E-state index contributed by atoms with van der Waals surface area (Å²) in [6.07, 6.45) is 4.50. The Morgan fingerprint density at radius 2 is 1.56 bits per heavy atom. The number of benzene rings is 2. The van der Waals surface area contributed by atoms with Crippen molar-refractivity contribution >= 4 is 5.97 Å². The van der Waals surface area contributed by atoms with Gasteiger partial charge in [-0.2, -0.15) is 0 Å². The Balaban J connectivity index is 1.98. The molecule has 2 aromatic carbocycles. The normalized spacial score (nSPS) is 12.8. The van der Waals surface area contributed by atoms with Crippen molar-refractivity contribution < 1.29 is 19.4 Å². The van der Waals surface area contributed by atoms with E-state index in [1.807, 2.05) is 19.0 Å². The third kappa shape index (κ3) is 10.5. The largest absolute Gasteiger partial charge is 0.462 e. The van der Waals surface area contributed by atoms with Crippen LogP contribution in [0.2, 0.25) is 0 Å². The third-order valence-corrected chi connectivity index (χ3v) is 5.99. The molecule has 0 aromatic heterocycles. The summed E-state index contributed by atoms with van der Waals surface area (Å²) < 4.78 is 11.2. The fourth-order valence-electron chi connectivity index (χ4n) is 3.89. The number of unbranched alkanes of at least 4 members (excludes halogenated alkanes) is 2. The monoisotopic (exact) mass is 493 g/mol. The number of aryl methyl sites for hydroxylation is 1. The molecule has 0 aliphatic heterocycles. The first-order valence-corrected chi connectivity index (χ1v) is 12.9. The molecule has 5 nitrogen and oxygen atoms in total. The van der Waals surface area contributed by atoms with Gasteiger partial charge in [-0.3, -0.25) is 0 Å². The zero-order valence-corrected chi connectivity index (χ0v) is 22.5. The Labute approximate surface area is 217 Å². The second-order valence-electron chi connectivity index (χ2n) is 9.78. The van der Waals surface area contributed by atoms with Crippen molar-refractivity contribution in [3.63, 3.8) is 0 Å². The predicted molar refractivity (Wildman–Crippen MR) is 148 cm³/mol. The molecule has 5 heteroatoms. The minimum Gasteiger partial charge on any atom is -0.462 e. The Hall–Kier alpha value is -2.73. The number of hydrogen-bond acceptors (Lipinski definition) is 5. The Bertz CT molecular complexity index is 963. The Kier molecular flexibility index (Phi) is 12.6. The summed E-state index contributed by atoms with van der Waals surface area (Å²) in [4.78, 5) is 14.0. The van der Waals surface area contributed by atoms with E-state index in [9.17, 15) is 9.90 Å². The van der Waals surface area contributed by atoms with Gasteiger partial charge in [0.1, 0.15) is 0 Å². The molecule has 36 heavy (non-hydrogen) atoms. The number of carbonyl (C=O) groups excluding carboxylic acids is 1. The molecule has 0 aliphatic rings. The van der Waals surface area contributed by atoms with E-state index in [2.05, 4.69) is 68.6 Å². The molecule has 2 aromatic rings. The summed E-state index contributed by atoms with van der Waals surface area (Å²) in [5.41, 5.74) is 5.75. The molecule has 0 saturated heterocycles. The highest BCUT2D eigenvalue weighted by Gasteiger charge is 2.18. The van der Waals surface area contributed by atoms with Crippen molar-refractivity contribution in [2.75, 3.05) is 27.2 Å². The molecule has 0 radical (unpaired) electrons. The third-order valence-electron chi connectivity index (χ3n) is 5.99. The fourth-order valence-corrected chi connectivity index (χ4v) is 3.89. The maximum atomic E-state index is 12.2. The van der Waals surface area contributed by atoms with Crippen LogP contribution in [0.4, 0.5) is 0 Å². The van der Waals surface area contributed by atoms with Gasteiger partial charge in [0.25, 0.3) is 0 Å². The van der Waals surface area contributed by atoms with E-state index >= 15 is 0 Å². The highest BCUT2D eigenvalue weighted by atomic mass is 16.6. The quantitative estimate of drug-likeness (QED) is 0.103. The first-order valence-electron chi connectivity index (χ1n) is 12.9. The minimum atomic E-state index is -1.07.